The number of rotatable bonds is 3. The summed E-state index contributed by atoms with van der Waals surface area (Å²) in [5.74, 6) is -0.781. The summed E-state index contributed by atoms with van der Waals surface area (Å²) < 4.78 is 39.7. The van der Waals surface area contributed by atoms with Crippen LogP contribution in [0, 0.1) is 0 Å². The molecule has 1 N–H and O–H groups in total. The summed E-state index contributed by atoms with van der Waals surface area (Å²) in [4.78, 5) is 11.4. The highest BCUT2D eigenvalue weighted by Crippen LogP contribution is 2.24. The minimum Gasteiger partial charge on any atom is -0.406 e. The molecule has 0 fully saturated rings. The number of allylic oxidation sites excluding steroid dienone is 1. The average Bonchev–Trinajstić information content (AvgIpc) is 2.13. The van der Waals surface area contributed by atoms with Gasteiger partial charge in [-0.3, -0.25) is 4.79 Å². The molecule has 0 spiro atoms. The van der Waals surface area contributed by atoms with E-state index in [1.807, 2.05) is 0 Å². The number of nitrogens with one attached hydrogen (secondary N) is 1. The molecule has 0 saturated heterocycles. The molecule has 0 heterocycles. The van der Waals surface area contributed by atoms with E-state index in [2.05, 4.69) is 10.1 Å². The molecule has 0 bridgehead atoms. The lowest BCUT2D eigenvalue weighted by atomic mass is 10.2. The maximum Gasteiger partial charge on any atom is 0.573 e. The monoisotopic (exact) mass is 259 g/mol. The van der Waals surface area contributed by atoms with Crippen LogP contribution >= 0.6 is 0 Å². The molecule has 0 aliphatic heterocycles. The van der Waals surface area contributed by atoms with Crippen molar-refractivity contribution < 1.29 is 22.7 Å². The van der Waals surface area contributed by atoms with Gasteiger partial charge in [-0.2, -0.15) is 0 Å². The van der Waals surface area contributed by atoms with Crippen molar-refractivity contribution in [2.75, 3.05) is 5.32 Å². The largest absolute Gasteiger partial charge is 0.573 e. The Morgan fingerprint density at radius 3 is 2.56 bits per heavy atom. The molecule has 1 aromatic rings. The van der Waals surface area contributed by atoms with Crippen molar-refractivity contribution in [1.29, 1.82) is 0 Å². The molecule has 1 amide bonds. The van der Waals surface area contributed by atoms with Crippen molar-refractivity contribution in [1.82, 2.24) is 0 Å². The average molecular weight is 259 g/mol. The first kappa shape index (κ1) is 14.1. The second-order valence-electron chi connectivity index (χ2n) is 3.79. The number of hydrogen-bond acceptors (Lipinski definition) is 2. The van der Waals surface area contributed by atoms with E-state index >= 15 is 0 Å². The molecule has 0 aliphatic rings. The van der Waals surface area contributed by atoms with Gasteiger partial charge in [0.25, 0.3) is 0 Å². The molecule has 3 nitrogen and oxygen atoms in total. The molecule has 0 aliphatic carbocycles. The second kappa shape index (κ2) is 5.57. The summed E-state index contributed by atoms with van der Waals surface area (Å²) in [5, 5.41) is 2.44. The molecule has 6 heteroatoms. The van der Waals surface area contributed by atoms with E-state index in [9.17, 15) is 18.0 Å². The van der Waals surface area contributed by atoms with Gasteiger partial charge in [-0.1, -0.05) is 11.6 Å². The van der Waals surface area contributed by atoms with Crippen LogP contribution < -0.4 is 10.1 Å². The predicted molar refractivity (Wildman–Crippen MR) is 61.2 cm³/mol. The molecule has 0 unspecified atom stereocenters. The maximum atomic E-state index is 12.0. The fraction of sp³-hybridized carbons (Fsp3) is 0.250. The first-order valence-electron chi connectivity index (χ1n) is 5.08. The summed E-state index contributed by atoms with van der Waals surface area (Å²) in [6.07, 6.45) is -3.40. The summed E-state index contributed by atoms with van der Waals surface area (Å²) in [6.45, 7) is 3.48. The third-order valence-electron chi connectivity index (χ3n) is 1.75. The van der Waals surface area contributed by atoms with Gasteiger partial charge in [0.15, 0.2) is 0 Å². The highest BCUT2D eigenvalue weighted by molar-refractivity contribution is 5.99. The Balaban J connectivity index is 2.77. The Hall–Kier alpha value is -1.98. The lowest BCUT2D eigenvalue weighted by Gasteiger charge is -2.10. The van der Waals surface area contributed by atoms with Gasteiger partial charge in [0.2, 0.25) is 5.91 Å². The zero-order chi connectivity index (χ0) is 13.8. The molecule has 1 aromatic carbocycles. The van der Waals surface area contributed by atoms with E-state index in [1.54, 1.807) is 13.8 Å². The van der Waals surface area contributed by atoms with Crippen LogP contribution in [-0.4, -0.2) is 12.3 Å². The lowest BCUT2D eigenvalue weighted by Crippen LogP contribution is -2.17. The maximum absolute atomic E-state index is 12.0. The Kier molecular flexibility index (Phi) is 4.36. The summed E-state index contributed by atoms with van der Waals surface area (Å²) >= 11 is 0. The standard InChI is InChI=1S/C12H12F3NO2/c1-8(2)6-11(17)16-9-4-3-5-10(7-9)18-12(13,14)15/h3-7H,1-2H3,(H,16,17). The fourth-order valence-corrected chi connectivity index (χ4v) is 1.21. The topological polar surface area (TPSA) is 38.3 Å². The zero-order valence-electron chi connectivity index (χ0n) is 9.84. The molecule has 1 rings (SSSR count). The van der Waals surface area contributed by atoms with Crippen LogP contribution in [0.1, 0.15) is 13.8 Å². The number of benzene rings is 1. The van der Waals surface area contributed by atoms with Crippen molar-refractivity contribution in [3.05, 3.63) is 35.9 Å². The number of carbonyl (C=O) groups is 1. The van der Waals surface area contributed by atoms with Crippen LogP contribution in [0.2, 0.25) is 0 Å². The van der Waals surface area contributed by atoms with E-state index < -0.39 is 12.3 Å². The summed E-state index contributed by atoms with van der Waals surface area (Å²) in [6, 6.07) is 5.09. The Morgan fingerprint density at radius 2 is 2.00 bits per heavy atom. The number of anilines is 1. The Labute approximate surface area is 102 Å². The van der Waals surface area contributed by atoms with Crippen molar-refractivity contribution >= 4 is 11.6 Å². The number of ether oxygens (including phenoxy) is 1. The van der Waals surface area contributed by atoms with Gasteiger partial charge in [0.05, 0.1) is 0 Å². The van der Waals surface area contributed by atoms with Crippen LogP contribution in [0.3, 0.4) is 0 Å². The van der Waals surface area contributed by atoms with E-state index in [0.717, 1.165) is 17.7 Å². The molecular weight excluding hydrogens is 247 g/mol. The highest BCUT2D eigenvalue weighted by Gasteiger charge is 2.31. The number of carbonyl (C=O) groups excluding carboxylic acids is 1. The third kappa shape index (κ3) is 5.38. The first-order valence-corrected chi connectivity index (χ1v) is 5.08. The van der Waals surface area contributed by atoms with Gasteiger partial charge >= 0.3 is 6.36 Å². The number of halogens is 3. The Morgan fingerprint density at radius 1 is 1.33 bits per heavy atom. The number of alkyl halides is 3. The zero-order valence-corrected chi connectivity index (χ0v) is 9.84. The van der Waals surface area contributed by atoms with Gasteiger partial charge < -0.3 is 10.1 Å². The van der Waals surface area contributed by atoms with Crippen molar-refractivity contribution in [2.24, 2.45) is 0 Å². The van der Waals surface area contributed by atoms with Crippen LogP contribution in [0.15, 0.2) is 35.9 Å². The fourth-order valence-electron chi connectivity index (χ4n) is 1.21. The van der Waals surface area contributed by atoms with Crippen LogP contribution in [0.4, 0.5) is 18.9 Å². The van der Waals surface area contributed by atoms with E-state index in [0.29, 0.717) is 0 Å². The number of amides is 1. The highest BCUT2D eigenvalue weighted by atomic mass is 19.4. The molecule has 98 valence electrons. The van der Waals surface area contributed by atoms with E-state index in [-0.39, 0.29) is 11.4 Å². The third-order valence-corrected chi connectivity index (χ3v) is 1.75. The van der Waals surface area contributed by atoms with Gasteiger partial charge in [0.1, 0.15) is 5.75 Å². The molecule has 0 saturated carbocycles. The summed E-state index contributed by atoms with van der Waals surface area (Å²) in [7, 11) is 0. The van der Waals surface area contributed by atoms with Crippen molar-refractivity contribution in [3.63, 3.8) is 0 Å². The molecule has 0 aromatic heterocycles. The van der Waals surface area contributed by atoms with Crippen LogP contribution in [-0.2, 0) is 4.79 Å². The molecule has 0 radical (unpaired) electrons. The van der Waals surface area contributed by atoms with Gasteiger partial charge in [-0.25, -0.2) is 0 Å². The van der Waals surface area contributed by atoms with Crippen molar-refractivity contribution in [2.45, 2.75) is 20.2 Å². The van der Waals surface area contributed by atoms with Crippen molar-refractivity contribution in [3.8, 4) is 5.75 Å². The minimum atomic E-state index is -4.75. The predicted octanol–water partition coefficient (Wildman–Crippen LogP) is 3.49. The first-order chi connectivity index (χ1) is 8.26. The lowest BCUT2D eigenvalue weighted by molar-refractivity contribution is -0.274. The smallest absolute Gasteiger partial charge is 0.406 e. The van der Waals surface area contributed by atoms with Crippen LogP contribution in [0.5, 0.6) is 5.75 Å². The summed E-state index contributed by atoms with van der Waals surface area (Å²) in [5.41, 5.74) is 1.02. The molecular formula is C12H12F3NO2. The molecule has 0 atom stereocenters. The number of hydrogen-bond donors (Lipinski definition) is 1. The second-order valence-corrected chi connectivity index (χ2v) is 3.79. The van der Waals surface area contributed by atoms with Gasteiger partial charge in [0, 0.05) is 17.8 Å². The normalized spacial score (nSPS) is 10.7. The van der Waals surface area contributed by atoms with E-state index in [4.69, 9.17) is 0 Å². The quantitative estimate of drug-likeness (QED) is 0.844. The Bertz CT molecular complexity index is 463. The van der Waals surface area contributed by atoms with Crippen LogP contribution in [0.25, 0.3) is 0 Å². The van der Waals surface area contributed by atoms with Gasteiger partial charge in [-0.05, 0) is 26.0 Å². The van der Waals surface area contributed by atoms with Gasteiger partial charge in [-0.15, -0.1) is 13.2 Å². The van der Waals surface area contributed by atoms with E-state index in [1.165, 1.54) is 18.2 Å². The minimum absolute atomic E-state index is 0.235. The SMILES string of the molecule is CC(C)=CC(=O)Nc1cccc(OC(F)(F)F)c1. The molecule has 18 heavy (non-hydrogen) atoms.